The zero-order valence-corrected chi connectivity index (χ0v) is 11.3. The fourth-order valence-corrected chi connectivity index (χ4v) is 1.47. The summed E-state index contributed by atoms with van der Waals surface area (Å²) in [6.07, 6.45) is 8.13. The first-order valence-electron chi connectivity index (χ1n) is 6.35. The van der Waals surface area contributed by atoms with Crippen LogP contribution in [0.1, 0.15) is 46.0 Å². The predicted octanol–water partition coefficient (Wildman–Crippen LogP) is 2.96. The molecule has 0 unspecified atom stereocenters. The first-order chi connectivity index (χ1) is 8.52. The quantitative estimate of drug-likeness (QED) is 0.605. The lowest BCUT2D eigenvalue weighted by molar-refractivity contribution is -0.132. The summed E-state index contributed by atoms with van der Waals surface area (Å²) < 4.78 is 0. The van der Waals surface area contributed by atoms with E-state index in [1.54, 1.807) is 24.1 Å². The maximum Gasteiger partial charge on any atom is 0.330 e. The molecule has 1 saturated heterocycles. The van der Waals surface area contributed by atoms with Gasteiger partial charge in [-0.25, -0.2) is 4.79 Å². The summed E-state index contributed by atoms with van der Waals surface area (Å²) in [5.41, 5.74) is 0.452. The Morgan fingerprint density at radius 3 is 2.56 bits per heavy atom. The molecule has 0 atom stereocenters. The molecule has 4 heteroatoms. The first kappa shape index (κ1) is 16.4. The van der Waals surface area contributed by atoms with Crippen LogP contribution in [0.25, 0.3) is 0 Å². The van der Waals surface area contributed by atoms with E-state index in [1.165, 1.54) is 0 Å². The highest BCUT2D eigenvalue weighted by Gasteiger charge is 2.15. The number of hydrogen-bond acceptors (Lipinski definition) is 2. The minimum absolute atomic E-state index is 0.208. The fourth-order valence-electron chi connectivity index (χ4n) is 1.47. The lowest BCUT2D eigenvalue weighted by atomic mass is 10.2. The molecule has 0 saturated carbocycles. The summed E-state index contributed by atoms with van der Waals surface area (Å²) in [6, 6.07) is 0. The molecule has 0 radical (unpaired) electrons. The Hall–Kier alpha value is -1.58. The maximum atomic E-state index is 10.7. The molecule has 1 heterocycles. The third-order valence-electron chi connectivity index (χ3n) is 2.68. The molecule has 4 nitrogen and oxygen atoms in total. The SMILES string of the molecule is C=CN1CCCC1=O.CCCCC=C(C)C(=O)O. The van der Waals surface area contributed by atoms with Crippen molar-refractivity contribution >= 4 is 11.9 Å². The molecule has 0 aromatic carbocycles. The lowest BCUT2D eigenvalue weighted by Gasteiger charge is -2.05. The minimum Gasteiger partial charge on any atom is -0.478 e. The number of aliphatic carboxylic acids is 1. The summed E-state index contributed by atoms with van der Waals surface area (Å²) in [5.74, 6) is -0.601. The van der Waals surface area contributed by atoms with Gasteiger partial charge in [-0.1, -0.05) is 32.4 Å². The van der Waals surface area contributed by atoms with Gasteiger partial charge < -0.3 is 10.0 Å². The van der Waals surface area contributed by atoms with Crippen molar-refractivity contribution < 1.29 is 14.7 Å². The normalized spacial score (nSPS) is 15.1. The van der Waals surface area contributed by atoms with Crippen molar-refractivity contribution in [2.45, 2.75) is 46.0 Å². The standard InChI is InChI=1S/C8H14O2.C6H9NO/c1-3-4-5-6-7(2)8(9)10;1-2-7-5-3-4-6(7)8/h6H,3-5H2,1-2H3,(H,9,10);2H,1,3-5H2. The molecule has 1 N–H and O–H groups in total. The number of carboxylic acids is 1. The number of carbonyl (C=O) groups is 2. The second kappa shape index (κ2) is 9.45. The second-order valence-corrected chi connectivity index (χ2v) is 4.21. The third-order valence-corrected chi connectivity index (χ3v) is 2.68. The summed E-state index contributed by atoms with van der Waals surface area (Å²) >= 11 is 0. The maximum absolute atomic E-state index is 10.7. The second-order valence-electron chi connectivity index (χ2n) is 4.21. The van der Waals surface area contributed by atoms with Crippen molar-refractivity contribution in [3.63, 3.8) is 0 Å². The van der Waals surface area contributed by atoms with Gasteiger partial charge in [-0.2, -0.15) is 0 Å². The number of carboxylic acid groups (broad SMARTS) is 1. The van der Waals surface area contributed by atoms with Crippen LogP contribution in [0.4, 0.5) is 0 Å². The van der Waals surface area contributed by atoms with Gasteiger partial charge in [0.2, 0.25) is 5.91 Å². The van der Waals surface area contributed by atoms with Crippen molar-refractivity contribution in [2.75, 3.05) is 6.54 Å². The van der Waals surface area contributed by atoms with Gasteiger partial charge in [-0.3, -0.25) is 4.79 Å². The largest absolute Gasteiger partial charge is 0.478 e. The van der Waals surface area contributed by atoms with Crippen molar-refractivity contribution in [3.8, 4) is 0 Å². The van der Waals surface area contributed by atoms with Gasteiger partial charge in [0, 0.05) is 18.5 Å². The zero-order valence-electron chi connectivity index (χ0n) is 11.3. The zero-order chi connectivity index (χ0) is 14.0. The van der Waals surface area contributed by atoms with E-state index >= 15 is 0 Å². The highest BCUT2D eigenvalue weighted by Crippen LogP contribution is 2.08. The lowest BCUT2D eigenvalue weighted by Crippen LogP contribution is -2.16. The molecule has 1 fully saturated rings. The van der Waals surface area contributed by atoms with Crippen LogP contribution in [-0.4, -0.2) is 28.4 Å². The average molecular weight is 253 g/mol. The molecule has 0 aromatic heterocycles. The minimum atomic E-state index is -0.809. The number of hydrogen-bond donors (Lipinski definition) is 1. The molecule has 102 valence electrons. The van der Waals surface area contributed by atoms with Crippen molar-refractivity contribution in [2.24, 2.45) is 0 Å². The molecule has 18 heavy (non-hydrogen) atoms. The Morgan fingerprint density at radius 1 is 1.56 bits per heavy atom. The van der Waals surface area contributed by atoms with Gasteiger partial charge in [0.05, 0.1) is 0 Å². The van der Waals surface area contributed by atoms with E-state index in [4.69, 9.17) is 5.11 Å². The number of amides is 1. The van der Waals surface area contributed by atoms with E-state index in [-0.39, 0.29) is 5.91 Å². The van der Waals surface area contributed by atoms with E-state index in [2.05, 4.69) is 13.5 Å². The Balaban J connectivity index is 0.000000327. The van der Waals surface area contributed by atoms with E-state index < -0.39 is 5.97 Å². The van der Waals surface area contributed by atoms with Gasteiger partial charge in [-0.15, -0.1) is 0 Å². The van der Waals surface area contributed by atoms with Crippen LogP contribution in [0.3, 0.4) is 0 Å². The van der Waals surface area contributed by atoms with Crippen LogP contribution in [0.2, 0.25) is 0 Å². The highest BCUT2D eigenvalue weighted by atomic mass is 16.4. The third kappa shape index (κ3) is 6.89. The highest BCUT2D eigenvalue weighted by molar-refractivity contribution is 5.85. The van der Waals surface area contributed by atoms with E-state index in [0.717, 1.165) is 32.2 Å². The van der Waals surface area contributed by atoms with Crippen LogP contribution in [0.15, 0.2) is 24.4 Å². The van der Waals surface area contributed by atoms with E-state index in [1.807, 2.05) is 0 Å². The van der Waals surface area contributed by atoms with Crippen LogP contribution in [0.5, 0.6) is 0 Å². The van der Waals surface area contributed by atoms with Crippen molar-refractivity contribution in [1.82, 2.24) is 4.90 Å². The fraction of sp³-hybridized carbons (Fsp3) is 0.571. The van der Waals surface area contributed by atoms with Crippen LogP contribution in [-0.2, 0) is 9.59 Å². The van der Waals surface area contributed by atoms with Gasteiger partial charge in [0.1, 0.15) is 0 Å². The van der Waals surface area contributed by atoms with Gasteiger partial charge in [0.15, 0.2) is 0 Å². The molecule has 1 aliphatic rings. The molecule has 1 rings (SSSR count). The van der Waals surface area contributed by atoms with Gasteiger partial charge in [-0.05, 0) is 26.0 Å². The number of carbonyl (C=O) groups excluding carboxylic acids is 1. The van der Waals surface area contributed by atoms with Crippen molar-refractivity contribution in [1.29, 1.82) is 0 Å². The van der Waals surface area contributed by atoms with Crippen molar-refractivity contribution in [3.05, 3.63) is 24.4 Å². The number of unbranched alkanes of at least 4 members (excludes halogenated alkanes) is 2. The van der Waals surface area contributed by atoms with Crippen LogP contribution in [0, 0.1) is 0 Å². The monoisotopic (exact) mass is 253 g/mol. The number of allylic oxidation sites excluding steroid dienone is 1. The molecule has 0 aromatic rings. The van der Waals surface area contributed by atoms with Gasteiger partial charge in [0.25, 0.3) is 0 Å². The van der Waals surface area contributed by atoms with Crippen LogP contribution < -0.4 is 0 Å². The molecule has 0 bridgehead atoms. The Morgan fingerprint density at radius 2 is 2.22 bits per heavy atom. The van der Waals surface area contributed by atoms with E-state index in [0.29, 0.717) is 12.0 Å². The number of likely N-dealkylation sites (tertiary alicyclic amines) is 1. The Labute approximate surface area is 109 Å². The molecule has 0 spiro atoms. The smallest absolute Gasteiger partial charge is 0.330 e. The Kier molecular flexibility index (Phi) is 8.62. The molecule has 1 aliphatic heterocycles. The predicted molar refractivity (Wildman–Crippen MR) is 72.1 cm³/mol. The van der Waals surface area contributed by atoms with Gasteiger partial charge >= 0.3 is 5.97 Å². The summed E-state index contributed by atoms with van der Waals surface area (Å²) in [4.78, 5) is 22.5. The summed E-state index contributed by atoms with van der Waals surface area (Å²) in [7, 11) is 0. The van der Waals surface area contributed by atoms with E-state index in [9.17, 15) is 9.59 Å². The molecule has 0 aliphatic carbocycles. The molecular weight excluding hydrogens is 230 g/mol. The number of rotatable bonds is 5. The number of nitrogens with zero attached hydrogens (tertiary/aromatic N) is 1. The first-order valence-corrected chi connectivity index (χ1v) is 6.35. The average Bonchev–Trinajstić information content (AvgIpc) is 2.75. The summed E-state index contributed by atoms with van der Waals surface area (Å²) in [6.45, 7) is 8.07. The molecule has 1 amide bonds. The van der Waals surface area contributed by atoms with Crippen LogP contribution >= 0.6 is 0 Å². The summed E-state index contributed by atoms with van der Waals surface area (Å²) in [5, 5.41) is 8.41. The molecular formula is C14H23NO3. The topological polar surface area (TPSA) is 57.6 Å². The Bertz CT molecular complexity index is 321.